The molecule has 20 heavy (non-hydrogen) atoms. The maximum Gasteiger partial charge on any atom is 0.130 e. The molecule has 0 bridgehead atoms. The van der Waals surface area contributed by atoms with Crippen LogP contribution in [-0.2, 0) is 11.2 Å². The number of hydrogen-bond acceptors (Lipinski definition) is 2. The van der Waals surface area contributed by atoms with Gasteiger partial charge in [-0.25, -0.2) is 0 Å². The van der Waals surface area contributed by atoms with Gasteiger partial charge in [0.1, 0.15) is 5.78 Å². The lowest BCUT2D eigenvalue weighted by Crippen LogP contribution is -2.07. The Labute approximate surface area is 121 Å². The molecule has 104 valence electrons. The summed E-state index contributed by atoms with van der Waals surface area (Å²) in [6, 6.07) is 17.0. The smallest absolute Gasteiger partial charge is 0.130 e. The van der Waals surface area contributed by atoms with Gasteiger partial charge < -0.3 is 9.69 Å². The van der Waals surface area contributed by atoms with Crippen molar-refractivity contribution in [2.75, 3.05) is 19.0 Å². The minimum Gasteiger partial charge on any atom is -0.378 e. The van der Waals surface area contributed by atoms with Crippen LogP contribution in [0.4, 0.5) is 5.69 Å². The van der Waals surface area contributed by atoms with Crippen LogP contribution in [-0.4, -0.2) is 19.9 Å². The highest BCUT2D eigenvalue weighted by Crippen LogP contribution is 2.23. The third-order valence-electron chi connectivity index (χ3n) is 3.44. The van der Waals surface area contributed by atoms with Crippen molar-refractivity contribution in [3.05, 3.63) is 54.1 Å². The molecule has 0 amide bonds. The number of nitrogens with zero attached hydrogens (tertiary/aromatic N) is 1. The van der Waals surface area contributed by atoms with E-state index in [1.807, 2.05) is 14.1 Å². The molecule has 2 rings (SSSR count). The predicted octanol–water partition coefficient (Wildman–Crippen LogP) is 3.94. The van der Waals surface area contributed by atoms with E-state index in [0.29, 0.717) is 6.42 Å². The number of Topliss-reactive ketones (excluding diaryl/α,β-unsaturated/α-hetero) is 1. The Hall–Kier alpha value is -2.09. The lowest BCUT2D eigenvalue weighted by atomic mass is 10.0. The number of ketones is 1. The van der Waals surface area contributed by atoms with Crippen LogP contribution in [0.15, 0.2) is 48.5 Å². The Bertz CT molecular complexity index is 567. The van der Waals surface area contributed by atoms with E-state index in [9.17, 15) is 4.79 Å². The van der Waals surface area contributed by atoms with Gasteiger partial charge in [0.25, 0.3) is 0 Å². The lowest BCUT2D eigenvalue weighted by molar-refractivity contribution is -0.116. The van der Waals surface area contributed by atoms with Crippen molar-refractivity contribution in [3.8, 4) is 11.1 Å². The second-order valence-corrected chi connectivity index (χ2v) is 5.34. The number of anilines is 1. The van der Waals surface area contributed by atoms with Crippen LogP contribution >= 0.6 is 0 Å². The van der Waals surface area contributed by atoms with E-state index < -0.39 is 0 Å². The molecule has 0 N–H and O–H groups in total. The molecule has 0 atom stereocenters. The average Bonchev–Trinajstić information content (AvgIpc) is 2.46. The molecule has 2 heteroatoms. The molecule has 0 aliphatic heterocycles. The minimum atomic E-state index is 0.244. The van der Waals surface area contributed by atoms with Gasteiger partial charge >= 0.3 is 0 Å². The lowest BCUT2D eigenvalue weighted by Gasteiger charge is -2.12. The number of hydrogen-bond donors (Lipinski definition) is 0. The van der Waals surface area contributed by atoms with Gasteiger partial charge in [-0.05, 0) is 42.2 Å². The van der Waals surface area contributed by atoms with E-state index in [1.165, 1.54) is 22.4 Å². The molecule has 0 saturated carbocycles. The van der Waals surface area contributed by atoms with E-state index >= 15 is 0 Å². The summed E-state index contributed by atoms with van der Waals surface area (Å²) >= 11 is 0. The molecule has 0 radical (unpaired) electrons. The van der Waals surface area contributed by atoms with Crippen LogP contribution in [0.25, 0.3) is 11.1 Å². The summed E-state index contributed by atoms with van der Waals surface area (Å²) in [5.41, 5.74) is 4.84. The summed E-state index contributed by atoms with van der Waals surface area (Å²) in [6.07, 6.45) is 1.45. The fourth-order valence-electron chi connectivity index (χ4n) is 2.14. The first-order chi connectivity index (χ1) is 9.56. The third kappa shape index (κ3) is 3.70. The molecule has 0 aromatic heterocycles. The van der Waals surface area contributed by atoms with Crippen molar-refractivity contribution < 1.29 is 4.79 Å². The van der Waals surface area contributed by atoms with Crippen LogP contribution in [0, 0.1) is 0 Å². The van der Waals surface area contributed by atoms with Crippen molar-refractivity contribution in [3.63, 3.8) is 0 Å². The van der Waals surface area contributed by atoms with Gasteiger partial charge in [-0.15, -0.1) is 0 Å². The predicted molar refractivity (Wildman–Crippen MR) is 85.2 cm³/mol. The SMILES string of the molecule is CC(=O)CCc1ccc(-c2ccc(N(C)C)cc2)cc1. The maximum absolute atomic E-state index is 11.0. The first-order valence-electron chi connectivity index (χ1n) is 6.92. The van der Waals surface area contributed by atoms with Gasteiger partial charge in [-0.2, -0.15) is 0 Å². The normalized spacial score (nSPS) is 10.3. The summed E-state index contributed by atoms with van der Waals surface area (Å²) < 4.78 is 0. The minimum absolute atomic E-state index is 0.244. The zero-order chi connectivity index (χ0) is 14.5. The number of carbonyl (C=O) groups excluding carboxylic acids is 1. The van der Waals surface area contributed by atoms with Crippen LogP contribution < -0.4 is 4.90 Å². The zero-order valence-electron chi connectivity index (χ0n) is 12.4. The molecule has 2 nitrogen and oxygen atoms in total. The van der Waals surface area contributed by atoms with Crippen molar-refractivity contribution in [1.82, 2.24) is 0 Å². The summed E-state index contributed by atoms with van der Waals surface area (Å²) in [7, 11) is 4.08. The highest BCUT2D eigenvalue weighted by atomic mass is 16.1. The van der Waals surface area contributed by atoms with E-state index in [-0.39, 0.29) is 5.78 Å². The fourth-order valence-corrected chi connectivity index (χ4v) is 2.14. The monoisotopic (exact) mass is 267 g/mol. The van der Waals surface area contributed by atoms with Gasteiger partial charge in [0, 0.05) is 26.2 Å². The van der Waals surface area contributed by atoms with Gasteiger partial charge in [0.2, 0.25) is 0 Å². The number of carbonyl (C=O) groups is 1. The Morgan fingerprint density at radius 1 is 0.900 bits per heavy atom. The van der Waals surface area contributed by atoms with E-state index in [4.69, 9.17) is 0 Å². The second kappa shape index (κ2) is 6.38. The summed E-state index contributed by atoms with van der Waals surface area (Å²) in [5, 5.41) is 0. The molecule has 2 aromatic carbocycles. The number of aryl methyl sites for hydroxylation is 1. The van der Waals surface area contributed by atoms with E-state index in [0.717, 1.165) is 6.42 Å². The van der Waals surface area contributed by atoms with Crippen LogP contribution in [0.3, 0.4) is 0 Å². The average molecular weight is 267 g/mol. The topological polar surface area (TPSA) is 20.3 Å². The molecular formula is C18H21NO. The van der Waals surface area contributed by atoms with Crippen LogP contribution in [0.2, 0.25) is 0 Å². The summed E-state index contributed by atoms with van der Waals surface area (Å²) in [5.74, 6) is 0.244. The Balaban J connectivity index is 2.11. The number of benzene rings is 2. The highest BCUT2D eigenvalue weighted by Gasteiger charge is 2.01. The van der Waals surface area contributed by atoms with Crippen molar-refractivity contribution in [2.45, 2.75) is 19.8 Å². The first kappa shape index (κ1) is 14.3. The second-order valence-electron chi connectivity index (χ2n) is 5.34. The van der Waals surface area contributed by atoms with Gasteiger partial charge in [-0.1, -0.05) is 36.4 Å². The fraction of sp³-hybridized carbons (Fsp3) is 0.278. The highest BCUT2D eigenvalue weighted by molar-refractivity contribution is 5.75. The molecule has 2 aromatic rings. The van der Waals surface area contributed by atoms with Gasteiger partial charge in [0.15, 0.2) is 0 Å². The third-order valence-corrected chi connectivity index (χ3v) is 3.44. The Morgan fingerprint density at radius 2 is 1.40 bits per heavy atom. The standard InChI is InChI=1S/C18H21NO/c1-14(20)4-5-15-6-8-16(9-7-15)17-10-12-18(13-11-17)19(2)3/h6-13H,4-5H2,1-3H3. The van der Waals surface area contributed by atoms with Crippen molar-refractivity contribution >= 4 is 11.5 Å². The number of rotatable bonds is 5. The molecule has 0 spiro atoms. The summed E-state index contributed by atoms with van der Waals surface area (Å²) in [6.45, 7) is 1.64. The van der Waals surface area contributed by atoms with Gasteiger partial charge in [-0.3, -0.25) is 0 Å². The molecule has 0 aliphatic rings. The quantitative estimate of drug-likeness (QED) is 0.817. The molecule has 0 saturated heterocycles. The van der Waals surface area contributed by atoms with Crippen LogP contribution in [0.5, 0.6) is 0 Å². The molecule has 0 unspecified atom stereocenters. The largest absolute Gasteiger partial charge is 0.378 e. The summed E-state index contributed by atoms with van der Waals surface area (Å²) in [4.78, 5) is 13.1. The molecule has 0 fully saturated rings. The molecule has 0 heterocycles. The molecule has 0 aliphatic carbocycles. The van der Waals surface area contributed by atoms with Crippen LogP contribution in [0.1, 0.15) is 18.9 Å². The van der Waals surface area contributed by atoms with E-state index in [1.54, 1.807) is 6.92 Å². The first-order valence-corrected chi connectivity index (χ1v) is 6.92. The Morgan fingerprint density at radius 3 is 1.85 bits per heavy atom. The Kier molecular flexibility index (Phi) is 4.57. The van der Waals surface area contributed by atoms with Gasteiger partial charge in [0.05, 0.1) is 0 Å². The zero-order valence-corrected chi connectivity index (χ0v) is 12.4. The van der Waals surface area contributed by atoms with E-state index in [2.05, 4.69) is 53.4 Å². The maximum atomic E-state index is 11.0. The van der Waals surface area contributed by atoms with Crippen molar-refractivity contribution in [1.29, 1.82) is 0 Å². The van der Waals surface area contributed by atoms with Crippen molar-refractivity contribution in [2.24, 2.45) is 0 Å². The molecular weight excluding hydrogens is 246 g/mol.